The van der Waals surface area contributed by atoms with Crippen molar-refractivity contribution in [3.05, 3.63) is 309 Å². The van der Waals surface area contributed by atoms with E-state index in [1.54, 1.807) is 0 Å². The van der Waals surface area contributed by atoms with Crippen LogP contribution in [0.3, 0.4) is 0 Å². The summed E-state index contributed by atoms with van der Waals surface area (Å²) in [5.41, 5.74) is 36.2. The molecule has 10 rings (SSSR count). The minimum atomic E-state index is 0. The predicted octanol–water partition coefficient (Wildman–Crippen LogP) is 20.4. The Morgan fingerprint density at radius 2 is 0.392 bits per heavy atom. The molecule has 0 aliphatic carbocycles. The molecule has 4 nitrogen and oxygen atoms in total. The van der Waals surface area contributed by atoms with E-state index in [0.29, 0.717) is 0 Å². The van der Waals surface area contributed by atoms with Gasteiger partial charge >= 0.3 is 0 Å². The number of benzene rings is 10. The zero-order valence-electron chi connectivity index (χ0n) is 47.4. The lowest BCUT2D eigenvalue weighted by Gasteiger charge is -2.26. The van der Waals surface area contributed by atoms with Gasteiger partial charge in [-0.1, -0.05) is 203 Å². The molecule has 4 N–H and O–H groups in total. The summed E-state index contributed by atoms with van der Waals surface area (Å²) in [4.78, 5) is 4.50. The fourth-order valence-corrected chi connectivity index (χ4v) is 8.96. The van der Waals surface area contributed by atoms with E-state index in [9.17, 15) is 0 Å². The van der Waals surface area contributed by atoms with E-state index in [0.717, 1.165) is 84.0 Å². The van der Waals surface area contributed by atoms with Gasteiger partial charge in [0.05, 0.1) is 0 Å². The largest absolute Gasteiger partial charge is 0.399 e. The molecule has 0 amide bonds. The quantitative estimate of drug-likeness (QED) is 0.107. The van der Waals surface area contributed by atoms with Gasteiger partial charge < -0.3 is 21.3 Å². The standard InChI is InChI=1S/C22H24N2.C20H20N2.C17H20.C15H16.CH4.H2/c1-3-17-5-11-20(12-6-17)24(22-15-9-19(23)10-16-22)21-13-7-18(4-2)8-14-21;1-15-3-9-18(10-4-15)22(19-11-5-16(2)6-12-19)20-13-7-17(21)8-14-20;1-3-14-5-9-16(10-6-14)13-17-11-7-15(4-2)8-12-17;1-12-3-7-14(8-4-12)11-15-9-5-13(2)6-10-15;;/h5-16H,3-4,23H2,1-2H3;3-14H,21H2,1-2H3;5-12H,3-4,13H2,1-2H3;3-10H,11H2,1-2H3;1H4;1H. The molecule has 0 aliphatic rings. The molecule has 0 heterocycles. The molecule has 0 spiro atoms. The molecule has 0 atom stereocenters. The fraction of sp³-hybridized carbons (Fsp3) is 0.200. The van der Waals surface area contributed by atoms with Crippen molar-refractivity contribution in [2.75, 3.05) is 21.3 Å². The van der Waals surface area contributed by atoms with Crippen molar-refractivity contribution in [1.29, 1.82) is 0 Å². The number of nitrogen functional groups attached to an aromatic ring is 2. The Balaban J connectivity index is 0.000000197. The van der Waals surface area contributed by atoms with Crippen molar-refractivity contribution >= 4 is 45.5 Å². The SMILES string of the molecule is C.CCc1ccc(Cc2ccc(CC)cc2)cc1.CCc1ccc(N(c2ccc(N)cc2)c2ccc(CC)cc2)cc1.Cc1ccc(Cc2ccc(C)cc2)cc1.Cc1ccc(N(c2ccc(C)cc2)c2ccc(N)cc2)cc1.[HH]. The van der Waals surface area contributed by atoms with E-state index < -0.39 is 0 Å². The third-order valence-electron chi connectivity index (χ3n) is 14.0. The fourth-order valence-electron chi connectivity index (χ4n) is 8.96. The first-order valence-corrected chi connectivity index (χ1v) is 27.8. The van der Waals surface area contributed by atoms with Gasteiger partial charge in [-0.3, -0.25) is 0 Å². The van der Waals surface area contributed by atoms with Crippen LogP contribution in [-0.4, -0.2) is 0 Å². The molecule has 79 heavy (non-hydrogen) atoms. The molecule has 0 aromatic heterocycles. The summed E-state index contributed by atoms with van der Waals surface area (Å²) in [6.07, 6.45) is 6.40. The molecular weight excluding hydrogens is 957 g/mol. The van der Waals surface area contributed by atoms with Crippen molar-refractivity contribution < 1.29 is 1.43 Å². The second-order valence-corrected chi connectivity index (χ2v) is 20.2. The Hall–Kier alpha value is -8.60. The summed E-state index contributed by atoms with van der Waals surface area (Å²) in [5.74, 6) is 0. The summed E-state index contributed by atoms with van der Waals surface area (Å²) in [5, 5.41) is 0. The van der Waals surface area contributed by atoms with Gasteiger partial charge in [-0.25, -0.2) is 0 Å². The smallest absolute Gasteiger partial charge is 0.0463 e. The van der Waals surface area contributed by atoms with Gasteiger partial charge in [0.25, 0.3) is 0 Å². The van der Waals surface area contributed by atoms with Crippen molar-refractivity contribution in [2.24, 2.45) is 0 Å². The molecule has 0 unspecified atom stereocenters. The summed E-state index contributed by atoms with van der Waals surface area (Å²) >= 11 is 0. The summed E-state index contributed by atoms with van der Waals surface area (Å²) in [7, 11) is 0. The third kappa shape index (κ3) is 18.3. The third-order valence-corrected chi connectivity index (χ3v) is 14.0. The number of anilines is 8. The predicted molar refractivity (Wildman–Crippen MR) is 348 cm³/mol. The van der Waals surface area contributed by atoms with Crippen LogP contribution >= 0.6 is 0 Å². The average Bonchev–Trinajstić information content (AvgIpc) is 3.52. The number of rotatable bonds is 14. The highest BCUT2D eigenvalue weighted by atomic mass is 15.1. The lowest BCUT2D eigenvalue weighted by atomic mass is 10.0. The van der Waals surface area contributed by atoms with Crippen LogP contribution in [0.1, 0.15) is 103 Å². The van der Waals surface area contributed by atoms with Gasteiger partial charge in [0.1, 0.15) is 0 Å². The minimum Gasteiger partial charge on any atom is -0.399 e. The van der Waals surface area contributed by atoms with Crippen LogP contribution in [0.25, 0.3) is 0 Å². The molecule has 0 fully saturated rings. The Morgan fingerprint density at radius 1 is 0.241 bits per heavy atom. The highest BCUT2D eigenvalue weighted by Gasteiger charge is 2.14. The number of aryl methyl sites for hydroxylation is 8. The van der Waals surface area contributed by atoms with Crippen LogP contribution in [0.15, 0.2) is 243 Å². The average molecular weight is 1040 g/mol. The minimum absolute atomic E-state index is 0. The molecule has 0 radical (unpaired) electrons. The summed E-state index contributed by atoms with van der Waals surface area (Å²) < 4.78 is 0. The lowest BCUT2D eigenvalue weighted by molar-refractivity contribution is 1.11. The Bertz CT molecular complexity index is 3050. The first-order chi connectivity index (χ1) is 37.9. The Morgan fingerprint density at radius 3 is 0.608 bits per heavy atom. The molecule has 0 aliphatic heterocycles. The molecule has 0 saturated heterocycles. The van der Waals surface area contributed by atoms with Gasteiger partial charge in [0.15, 0.2) is 0 Å². The van der Waals surface area contributed by atoms with Crippen molar-refractivity contribution in [1.82, 2.24) is 0 Å². The molecule has 0 saturated carbocycles. The van der Waals surface area contributed by atoms with Gasteiger partial charge in [0, 0.05) is 46.9 Å². The first kappa shape index (κ1) is 59.6. The molecule has 406 valence electrons. The van der Waals surface area contributed by atoms with E-state index >= 15 is 0 Å². The van der Waals surface area contributed by atoms with Gasteiger partial charge in [-0.05, 0) is 208 Å². The van der Waals surface area contributed by atoms with Crippen LogP contribution in [-0.2, 0) is 38.5 Å². The van der Waals surface area contributed by atoms with E-state index in [1.165, 1.54) is 66.8 Å². The topological polar surface area (TPSA) is 58.5 Å². The number of nitrogens with two attached hydrogens (primary N) is 2. The van der Waals surface area contributed by atoms with Gasteiger partial charge in [-0.15, -0.1) is 0 Å². The molecule has 10 aromatic rings. The maximum atomic E-state index is 5.86. The molecule has 4 heteroatoms. The van der Waals surface area contributed by atoms with E-state index in [-0.39, 0.29) is 8.85 Å². The second-order valence-electron chi connectivity index (χ2n) is 20.2. The van der Waals surface area contributed by atoms with Crippen molar-refractivity contribution in [2.45, 2.75) is 101 Å². The number of nitrogens with zero attached hydrogens (tertiary/aromatic N) is 2. The number of hydrogen-bond donors (Lipinski definition) is 2. The van der Waals surface area contributed by atoms with E-state index in [2.05, 4.69) is 284 Å². The van der Waals surface area contributed by atoms with Gasteiger partial charge in [-0.2, -0.15) is 0 Å². The first-order valence-electron chi connectivity index (χ1n) is 27.8. The summed E-state index contributed by atoms with van der Waals surface area (Å²) in [6, 6.07) is 86.0. The zero-order chi connectivity index (χ0) is 55.2. The van der Waals surface area contributed by atoms with Crippen LogP contribution in [0.5, 0.6) is 0 Å². The monoisotopic (exact) mass is 1040 g/mol. The van der Waals surface area contributed by atoms with E-state index in [1.807, 2.05) is 24.3 Å². The second kappa shape index (κ2) is 30.4. The van der Waals surface area contributed by atoms with Crippen molar-refractivity contribution in [3.63, 3.8) is 0 Å². The lowest BCUT2D eigenvalue weighted by Crippen LogP contribution is -2.10. The number of hydrogen-bond acceptors (Lipinski definition) is 4. The highest BCUT2D eigenvalue weighted by molar-refractivity contribution is 5.78. The zero-order valence-corrected chi connectivity index (χ0v) is 47.4. The highest BCUT2D eigenvalue weighted by Crippen LogP contribution is 2.36. The Labute approximate surface area is 476 Å². The van der Waals surface area contributed by atoms with Crippen LogP contribution in [0, 0.1) is 27.7 Å². The van der Waals surface area contributed by atoms with E-state index in [4.69, 9.17) is 11.5 Å². The maximum Gasteiger partial charge on any atom is 0.0463 e. The van der Waals surface area contributed by atoms with Crippen molar-refractivity contribution in [3.8, 4) is 0 Å². The van der Waals surface area contributed by atoms with Crippen LogP contribution in [0.4, 0.5) is 45.5 Å². The van der Waals surface area contributed by atoms with Crippen LogP contribution < -0.4 is 21.3 Å². The molecular formula is C75H86N4. The van der Waals surface area contributed by atoms with Crippen LogP contribution in [0.2, 0.25) is 0 Å². The molecule has 0 bridgehead atoms. The molecule has 10 aromatic carbocycles. The van der Waals surface area contributed by atoms with Gasteiger partial charge in [0.2, 0.25) is 0 Å². The Kier molecular flexibility index (Phi) is 22.9. The maximum absolute atomic E-state index is 5.86. The summed E-state index contributed by atoms with van der Waals surface area (Å²) in [6.45, 7) is 17.2. The normalized spacial score (nSPS) is 10.3.